The van der Waals surface area contributed by atoms with E-state index in [1.807, 2.05) is 32.0 Å². The van der Waals surface area contributed by atoms with Gasteiger partial charge in [0.15, 0.2) is 6.10 Å². The standard InChI is InChI=1S/C11H12BrNO/c1-7(6-13)14-11-5-4-10(12)8(2)9(11)3/h4-5,7H,1-3H3. The van der Waals surface area contributed by atoms with E-state index in [0.29, 0.717) is 0 Å². The lowest BCUT2D eigenvalue weighted by Gasteiger charge is -2.13. The molecule has 0 aliphatic rings. The number of halogens is 1. The lowest BCUT2D eigenvalue weighted by molar-refractivity contribution is 0.274. The van der Waals surface area contributed by atoms with Gasteiger partial charge in [-0.15, -0.1) is 0 Å². The molecule has 1 unspecified atom stereocenters. The van der Waals surface area contributed by atoms with Crippen LogP contribution in [-0.4, -0.2) is 6.10 Å². The van der Waals surface area contributed by atoms with E-state index in [9.17, 15) is 0 Å². The van der Waals surface area contributed by atoms with Crippen molar-refractivity contribution in [3.63, 3.8) is 0 Å². The molecule has 0 spiro atoms. The predicted molar refractivity (Wildman–Crippen MR) is 59.3 cm³/mol. The number of ether oxygens (including phenoxy) is 1. The smallest absolute Gasteiger partial charge is 0.181 e. The topological polar surface area (TPSA) is 33.0 Å². The van der Waals surface area contributed by atoms with Gasteiger partial charge in [0.25, 0.3) is 0 Å². The fraction of sp³-hybridized carbons (Fsp3) is 0.364. The van der Waals surface area contributed by atoms with Crippen molar-refractivity contribution in [2.45, 2.75) is 26.9 Å². The van der Waals surface area contributed by atoms with E-state index in [1.54, 1.807) is 6.92 Å². The number of benzene rings is 1. The van der Waals surface area contributed by atoms with E-state index in [0.717, 1.165) is 21.3 Å². The molecule has 0 saturated carbocycles. The second kappa shape index (κ2) is 4.47. The third-order valence-electron chi connectivity index (χ3n) is 2.16. The molecule has 3 heteroatoms. The van der Waals surface area contributed by atoms with Crippen LogP contribution in [0.4, 0.5) is 0 Å². The Kier molecular flexibility index (Phi) is 3.54. The van der Waals surface area contributed by atoms with Crippen LogP contribution in [0.25, 0.3) is 0 Å². The monoisotopic (exact) mass is 253 g/mol. The first-order valence-electron chi connectivity index (χ1n) is 4.38. The van der Waals surface area contributed by atoms with Gasteiger partial charge < -0.3 is 4.74 Å². The van der Waals surface area contributed by atoms with Gasteiger partial charge in [-0.25, -0.2) is 0 Å². The molecule has 1 aromatic carbocycles. The summed E-state index contributed by atoms with van der Waals surface area (Å²) in [5.41, 5.74) is 2.22. The molecule has 0 aromatic heterocycles. The molecule has 0 aliphatic heterocycles. The van der Waals surface area contributed by atoms with Crippen LogP contribution >= 0.6 is 15.9 Å². The summed E-state index contributed by atoms with van der Waals surface area (Å²) in [4.78, 5) is 0. The summed E-state index contributed by atoms with van der Waals surface area (Å²) in [5.74, 6) is 0.778. The molecule has 0 heterocycles. The Labute approximate surface area is 92.6 Å². The van der Waals surface area contributed by atoms with Gasteiger partial charge in [0.05, 0.1) is 0 Å². The van der Waals surface area contributed by atoms with E-state index >= 15 is 0 Å². The number of nitrogens with zero attached hydrogens (tertiary/aromatic N) is 1. The van der Waals surface area contributed by atoms with Crippen molar-refractivity contribution >= 4 is 15.9 Å². The Bertz CT molecular complexity index is 382. The van der Waals surface area contributed by atoms with Gasteiger partial charge in [-0.2, -0.15) is 5.26 Å². The average molecular weight is 254 g/mol. The van der Waals surface area contributed by atoms with Gasteiger partial charge >= 0.3 is 0 Å². The minimum atomic E-state index is -0.408. The first-order valence-corrected chi connectivity index (χ1v) is 5.17. The highest BCUT2D eigenvalue weighted by atomic mass is 79.9. The fourth-order valence-corrected chi connectivity index (χ4v) is 1.54. The SMILES string of the molecule is Cc1c(Br)ccc(OC(C)C#N)c1C. The average Bonchev–Trinajstić information content (AvgIpc) is 2.19. The second-order valence-corrected chi connectivity index (χ2v) is 4.04. The third-order valence-corrected chi connectivity index (χ3v) is 3.02. The van der Waals surface area contributed by atoms with E-state index < -0.39 is 6.10 Å². The molecule has 14 heavy (non-hydrogen) atoms. The summed E-state index contributed by atoms with van der Waals surface area (Å²) in [6, 6.07) is 5.85. The quantitative estimate of drug-likeness (QED) is 0.810. The molecular weight excluding hydrogens is 242 g/mol. The van der Waals surface area contributed by atoms with Crippen LogP contribution in [0.3, 0.4) is 0 Å². The molecule has 1 atom stereocenters. The summed E-state index contributed by atoms with van der Waals surface area (Å²) >= 11 is 3.44. The largest absolute Gasteiger partial charge is 0.476 e. The highest BCUT2D eigenvalue weighted by Gasteiger charge is 2.08. The molecule has 0 radical (unpaired) electrons. The number of hydrogen-bond donors (Lipinski definition) is 0. The molecule has 74 valence electrons. The molecule has 0 aliphatic carbocycles. The first kappa shape index (κ1) is 11.1. The maximum absolute atomic E-state index is 8.63. The Balaban J connectivity index is 3.01. The zero-order valence-corrected chi connectivity index (χ0v) is 10.1. The lowest BCUT2D eigenvalue weighted by atomic mass is 10.1. The van der Waals surface area contributed by atoms with Crippen LogP contribution in [0.15, 0.2) is 16.6 Å². The molecular formula is C11H12BrNO. The van der Waals surface area contributed by atoms with Crippen molar-refractivity contribution in [1.82, 2.24) is 0 Å². The second-order valence-electron chi connectivity index (χ2n) is 3.18. The maximum atomic E-state index is 8.63. The lowest BCUT2D eigenvalue weighted by Crippen LogP contribution is -2.09. The molecule has 0 amide bonds. The Morgan fingerprint density at radius 2 is 2.00 bits per heavy atom. The first-order chi connectivity index (χ1) is 6.56. The Hall–Kier alpha value is -1.01. The van der Waals surface area contributed by atoms with E-state index in [2.05, 4.69) is 15.9 Å². The third kappa shape index (κ3) is 2.27. The van der Waals surface area contributed by atoms with E-state index in [-0.39, 0.29) is 0 Å². The van der Waals surface area contributed by atoms with Crippen molar-refractivity contribution in [2.24, 2.45) is 0 Å². The van der Waals surface area contributed by atoms with Gasteiger partial charge in [0.2, 0.25) is 0 Å². The van der Waals surface area contributed by atoms with Crippen molar-refractivity contribution in [2.75, 3.05) is 0 Å². The highest BCUT2D eigenvalue weighted by Crippen LogP contribution is 2.27. The minimum Gasteiger partial charge on any atom is -0.476 e. The molecule has 0 N–H and O–H groups in total. The van der Waals surface area contributed by atoms with Crippen LogP contribution in [0.2, 0.25) is 0 Å². The van der Waals surface area contributed by atoms with Crippen molar-refractivity contribution in [3.05, 3.63) is 27.7 Å². The zero-order chi connectivity index (χ0) is 10.7. The van der Waals surface area contributed by atoms with Crippen LogP contribution in [0.1, 0.15) is 18.1 Å². The minimum absolute atomic E-state index is 0.408. The fourth-order valence-electron chi connectivity index (χ4n) is 1.11. The number of hydrogen-bond acceptors (Lipinski definition) is 2. The summed E-state index contributed by atoms with van der Waals surface area (Å²) in [6.07, 6.45) is -0.408. The van der Waals surface area contributed by atoms with Crippen molar-refractivity contribution < 1.29 is 4.74 Å². The van der Waals surface area contributed by atoms with Crippen LogP contribution in [0, 0.1) is 25.2 Å². The van der Waals surface area contributed by atoms with Crippen LogP contribution in [0.5, 0.6) is 5.75 Å². The normalized spacial score (nSPS) is 11.9. The summed E-state index contributed by atoms with van der Waals surface area (Å²) in [7, 11) is 0. The molecule has 0 saturated heterocycles. The van der Waals surface area contributed by atoms with Crippen LogP contribution in [-0.2, 0) is 0 Å². The maximum Gasteiger partial charge on any atom is 0.181 e. The van der Waals surface area contributed by atoms with Gasteiger partial charge in [-0.05, 0) is 44.0 Å². The van der Waals surface area contributed by atoms with Gasteiger partial charge in [-0.1, -0.05) is 15.9 Å². The zero-order valence-electron chi connectivity index (χ0n) is 8.47. The predicted octanol–water partition coefficient (Wildman–Crippen LogP) is 3.36. The van der Waals surface area contributed by atoms with Gasteiger partial charge in [-0.3, -0.25) is 0 Å². The Morgan fingerprint density at radius 3 is 2.57 bits per heavy atom. The van der Waals surface area contributed by atoms with Gasteiger partial charge in [0, 0.05) is 4.47 Å². The molecule has 1 aromatic rings. The van der Waals surface area contributed by atoms with E-state index in [4.69, 9.17) is 10.00 Å². The van der Waals surface area contributed by atoms with Crippen LogP contribution < -0.4 is 4.74 Å². The summed E-state index contributed by atoms with van der Waals surface area (Å²) in [5, 5.41) is 8.63. The van der Waals surface area contributed by atoms with Gasteiger partial charge in [0.1, 0.15) is 11.8 Å². The molecule has 0 fully saturated rings. The van der Waals surface area contributed by atoms with Crippen molar-refractivity contribution in [1.29, 1.82) is 5.26 Å². The van der Waals surface area contributed by atoms with Crippen molar-refractivity contribution in [3.8, 4) is 11.8 Å². The number of rotatable bonds is 2. The highest BCUT2D eigenvalue weighted by molar-refractivity contribution is 9.10. The molecule has 2 nitrogen and oxygen atoms in total. The molecule has 1 rings (SSSR count). The Morgan fingerprint density at radius 1 is 1.36 bits per heavy atom. The molecule has 0 bridgehead atoms. The summed E-state index contributed by atoms with van der Waals surface area (Å²) < 4.78 is 6.51. The van der Waals surface area contributed by atoms with E-state index in [1.165, 1.54) is 0 Å². The summed E-state index contributed by atoms with van der Waals surface area (Å²) in [6.45, 7) is 5.74. The number of nitriles is 1.